The highest BCUT2D eigenvalue weighted by Gasteiger charge is 2.11. The summed E-state index contributed by atoms with van der Waals surface area (Å²) in [5.74, 6) is -0.177. The lowest BCUT2D eigenvalue weighted by atomic mass is 10.5. The quantitative estimate of drug-likeness (QED) is 0.549. The van der Waals surface area contributed by atoms with Gasteiger partial charge in [-0.05, 0) is 13.8 Å². The number of hydrogen-bond acceptors (Lipinski definition) is 5. The molecule has 1 aromatic heterocycles. The summed E-state index contributed by atoms with van der Waals surface area (Å²) in [4.78, 5) is 15.1. The maximum atomic E-state index is 11.2. The molecule has 15 heavy (non-hydrogen) atoms. The van der Waals surface area contributed by atoms with Crippen LogP contribution in [-0.2, 0) is 9.47 Å². The molecule has 0 spiro atoms. The third-order valence-corrected chi connectivity index (χ3v) is 1.48. The van der Waals surface area contributed by atoms with Gasteiger partial charge in [-0.25, -0.2) is 9.78 Å². The number of carbonyl (C=O) groups excluding carboxylic acids is 1. The fourth-order valence-electron chi connectivity index (χ4n) is 0.865. The minimum absolute atomic E-state index is 0.160. The van der Waals surface area contributed by atoms with E-state index in [-0.39, 0.29) is 5.69 Å². The van der Waals surface area contributed by atoms with E-state index in [0.717, 1.165) is 0 Å². The Balaban J connectivity index is 2.59. The third-order valence-electron chi connectivity index (χ3n) is 1.48. The SMILES string of the molecule is CCOC=Cc1nc(C(=O)OCC)co1. The van der Waals surface area contributed by atoms with Crippen LogP contribution in [0.5, 0.6) is 0 Å². The van der Waals surface area contributed by atoms with Crippen molar-refractivity contribution in [2.24, 2.45) is 0 Å². The molecule has 0 unspecified atom stereocenters. The predicted octanol–water partition coefficient (Wildman–Crippen LogP) is 1.86. The standard InChI is InChI=1S/C10H13NO4/c1-3-13-6-5-9-11-8(7-15-9)10(12)14-4-2/h5-7H,3-4H2,1-2H3. The molecule has 0 saturated carbocycles. The van der Waals surface area contributed by atoms with Crippen LogP contribution in [0, 0.1) is 0 Å². The van der Waals surface area contributed by atoms with Crippen molar-refractivity contribution in [3.05, 3.63) is 24.1 Å². The monoisotopic (exact) mass is 211 g/mol. The summed E-state index contributed by atoms with van der Waals surface area (Å²) in [5.41, 5.74) is 0.160. The van der Waals surface area contributed by atoms with Crippen molar-refractivity contribution in [1.29, 1.82) is 0 Å². The molecule has 0 saturated heterocycles. The second kappa shape index (κ2) is 5.85. The van der Waals surface area contributed by atoms with E-state index in [2.05, 4.69) is 4.98 Å². The molecule has 1 aromatic rings. The molecule has 0 bridgehead atoms. The predicted molar refractivity (Wildman–Crippen MR) is 53.1 cm³/mol. The first-order valence-corrected chi connectivity index (χ1v) is 4.68. The van der Waals surface area contributed by atoms with Crippen molar-refractivity contribution in [2.45, 2.75) is 13.8 Å². The average Bonchev–Trinajstić information content (AvgIpc) is 2.67. The van der Waals surface area contributed by atoms with Crippen LogP contribution in [0.4, 0.5) is 0 Å². The highest BCUT2D eigenvalue weighted by molar-refractivity contribution is 5.86. The van der Waals surface area contributed by atoms with Gasteiger partial charge in [-0.1, -0.05) is 0 Å². The minimum atomic E-state index is -0.489. The van der Waals surface area contributed by atoms with Crippen LogP contribution in [0.1, 0.15) is 30.2 Å². The van der Waals surface area contributed by atoms with Gasteiger partial charge in [-0.3, -0.25) is 0 Å². The summed E-state index contributed by atoms with van der Waals surface area (Å²) >= 11 is 0. The lowest BCUT2D eigenvalue weighted by Gasteiger charge is -1.94. The maximum Gasteiger partial charge on any atom is 0.360 e. The van der Waals surface area contributed by atoms with Gasteiger partial charge in [0.25, 0.3) is 0 Å². The van der Waals surface area contributed by atoms with Gasteiger partial charge in [0.1, 0.15) is 6.26 Å². The van der Waals surface area contributed by atoms with E-state index < -0.39 is 5.97 Å². The summed E-state index contributed by atoms with van der Waals surface area (Å²) in [6, 6.07) is 0. The Kier molecular flexibility index (Phi) is 4.40. The zero-order valence-corrected chi connectivity index (χ0v) is 8.73. The van der Waals surface area contributed by atoms with Crippen LogP contribution < -0.4 is 0 Å². The van der Waals surface area contributed by atoms with Gasteiger partial charge in [0.2, 0.25) is 5.89 Å². The van der Waals surface area contributed by atoms with Gasteiger partial charge in [0.15, 0.2) is 5.69 Å². The Morgan fingerprint density at radius 3 is 3.00 bits per heavy atom. The Hall–Kier alpha value is -1.78. The second-order valence-electron chi connectivity index (χ2n) is 2.55. The molecular formula is C10H13NO4. The van der Waals surface area contributed by atoms with Crippen LogP contribution in [0.2, 0.25) is 0 Å². The van der Waals surface area contributed by atoms with E-state index in [4.69, 9.17) is 13.9 Å². The number of rotatable bonds is 5. The number of oxazole rings is 1. The summed E-state index contributed by atoms with van der Waals surface area (Å²) in [6.07, 6.45) is 4.25. The average molecular weight is 211 g/mol. The van der Waals surface area contributed by atoms with Crippen LogP contribution in [0.25, 0.3) is 6.08 Å². The Bertz CT molecular complexity index is 343. The fraction of sp³-hybridized carbons (Fsp3) is 0.400. The van der Waals surface area contributed by atoms with Gasteiger partial charge in [0.05, 0.1) is 19.5 Å². The van der Waals surface area contributed by atoms with E-state index in [0.29, 0.717) is 19.1 Å². The molecule has 0 aliphatic rings. The van der Waals surface area contributed by atoms with Crippen molar-refractivity contribution >= 4 is 12.0 Å². The molecule has 0 atom stereocenters. The Labute approximate surface area is 87.7 Å². The summed E-state index contributed by atoms with van der Waals surface area (Å²) in [6.45, 7) is 4.48. The number of hydrogen-bond donors (Lipinski definition) is 0. The van der Waals surface area contributed by atoms with Crippen molar-refractivity contribution < 1.29 is 18.7 Å². The molecular weight excluding hydrogens is 198 g/mol. The largest absolute Gasteiger partial charge is 0.501 e. The first kappa shape index (κ1) is 11.3. The number of esters is 1. The number of nitrogens with zero attached hydrogens (tertiary/aromatic N) is 1. The van der Waals surface area contributed by atoms with E-state index >= 15 is 0 Å². The molecule has 1 heterocycles. The molecule has 0 radical (unpaired) electrons. The highest BCUT2D eigenvalue weighted by Crippen LogP contribution is 2.05. The maximum absolute atomic E-state index is 11.2. The zero-order valence-electron chi connectivity index (χ0n) is 8.73. The number of carbonyl (C=O) groups is 1. The van der Waals surface area contributed by atoms with Gasteiger partial charge in [-0.2, -0.15) is 0 Å². The summed E-state index contributed by atoms with van der Waals surface area (Å²) < 4.78 is 14.7. The van der Waals surface area contributed by atoms with Gasteiger partial charge >= 0.3 is 5.97 Å². The lowest BCUT2D eigenvalue weighted by molar-refractivity contribution is 0.0519. The second-order valence-corrected chi connectivity index (χ2v) is 2.55. The summed E-state index contributed by atoms with van der Waals surface area (Å²) in [5, 5.41) is 0. The van der Waals surface area contributed by atoms with Crippen LogP contribution in [0.15, 0.2) is 16.9 Å². The molecule has 5 nitrogen and oxygen atoms in total. The van der Waals surface area contributed by atoms with Crippen LogP contribution >= 0.6 is 0 Å². The normalized spacial score (nSPS) is 10.5. The van der Waals surface area contributed by atoms with Crippen LogP contribution in [-0.4, -0.2) is 24.2 Å². The number of aromatic nitrogens is 1. The molecule has 82 valence electrons. The van der Waals surface area contributed by atoms with E-state index in [1.807, 2.05) is 6.92 Å². The van der Waals surface area contributed by atoms with E-state index in [1.54, 1.807) is 6.92 Å². The zero-order chi connectivity index (χ0) is 11.1. The molecule has 0 amide bonds. The molecule has 0 fully saturated rings. The third kappa shape index (κ3) is 3.46. The topological polar surface area (TPSA) is 61.6 Å². The molecule has 5 heteroatoms. The van der Waals surface area contributed by atoms with Gasteiger partial charge in [0, 0.05) is 6.08 Å². The first-order chi connectivity index (χ1) is 7.27. The smallest absolute Gasteiger partial charge is 0.360 e. The lowest BCUT2D eigenvalue weighted by Crippen LogP contribution is -2.04. The fourth-order valence-corrected chi connectivity index (χ4v) is 0.865. The van der Waals surface area contributed by atoms with Crippen molar-refractivity contribution in [3.63, 3.8) is 0 Å². The molecule has 0 aliphatic carbocycles. The van der Waals surface area contributed by atoms with Crippen molar-refractivity contribution in [3.8, 4) is 0 Å². The minimum Gasteiger partial charge on any atom is -0.501 e. The van der Waals surface area contributed by atoms with Crippen molar-refractivity contribution in [1.82, 2.24) is 4.98 Å². The van der Waals surface area contributed by atoms with E-state index in [9.17, 15) is 4.79 Å². The molecule has 0 N–H and O–H groups in total. The molecule has 0 aliphatic heterocycles. The highest BCUT2D eigenvalue weighted by atomic mass is 16.5. The first-order valence-electron chi connectivity index (χ1n) is 4.68. The molecule has 0 aromatic carbocycles. The Morgan fingerprint density at radius 1 is 1.53 bits per heavy atom. The van der Waals surface area contributed by atoms with Gasteiger partial charge < -0.3 is 13.9 Å². The summed E-state index contributed by atoms with van der Waals surface area (Å²) in [7, 11) is 0. The van der Waals surface area contributed by atoms with E-state index in [1.165, 1.54) is 18.6 Å². The van der Waals surface area contributed by atoms with Gasteiger partial charge in [-0.15, -0.1) is 0 Å². The Morgan fingerprint density at radius 2 is 2.33 bits per heavy atom. The van der Waals surface area contributed by atoms with Crippen LogP contribution in [0.3, 0.4) is 0 Å². The van der Waals surface area contributed by atoms with Crippen molar-refractivity contribution in [2.75, 3.05) is 13.2 Å². The molecule has 1 rings (SSSR count). The number of ether oxygens (including phenoxy) is 2.